The van der Waals surface area contributed by atoms with E-state index in [1.54, 1.807) is 7.11 Å². The molecule has 1 N–H and O–H groups in total. The Labute approximate surface area is 149 Å². The third-order valence-electron chi connectivity index (χ3n) is 4.04. The van der Waals surface area contributed by atoms with Gasteiger partial charge in [-0.3, -0.25) is 9.89 Å². The van der Waals surface area contributed by atoms with E-state index in [1.165, 1.54) is 11.8 Å². The van der Waals surface area contributed by atoms with Gasteiger partial charge in [-0.1, -0.05) is 16.9 Å². The summed E-state index contributed by atoms with van der Waals surface area (Å²) in [5.74, 6) is 2.51. The van der Waals surface area contributed by atoms with E-state index in [2.05, 4.69) is 25.3 Å². The highest BCUT2D eigenvalue weighted by Gasteiger charge is 2.28. The summed E-state index contributed by atoms with van der Waals surface area (Å²) in [7, 11) is 1.64. The minimum atomic E-state index is 0.0799. The van der Waals surface area contributed by atoms with Crippen molar-refractivity contribution in [3.8, 4) is 0 Å². The molecule has 1 amide bonds. The second-order valence-electron chi connectivity index (χ2n) is 5.96. The largest absolute Gasteiger partial charge is 0.384 e. The zero-order chi connectivity index (χ0) is 17.6. The third-order valence-corrected chi connectivity index (χ3v) is 4.87. The van der Waals surface area contributed by atoms with Crippen molar-refractivity contribution in [3.05, 3.63) is 17.5 Å². The Morgan fingerprint density at radius 2 is 2.36 bits per heavy atom. The van der Waals surface area contributed by atoms with E-state index in [0.717, 1.165) is 25.2 Å². The maximum absolute atomic E-state index is 12.5. The number of carbonyl (C=O) groups is 1. The fourth-order valence-corrected chi connectivity index (χ4v) is 3.48. The van der Waals surface area contributed by atoms with Crippen LogP contribution in [0.25, 0.3) is 0 Å². The van der Waals surface area contributed by atoms with Crippen LogP contribution in [0.1, 0.15) is 36.3 Å². The van der Waals surface area contributed by atoms with Crippen molar-refractivity contribution in [1.29, 1.82) is 0 Å². The molecule has 25 heavy (non-hydrogen) atoms. The van der Waals surface area contributed by atoms with Crippen LogP contribution in [-0.4, -0.2) is 68.7 Å². The lowest BCUT2D eigenvalue weighted by Gasteiger charge is -2.30. The first kappa shape index (κ1) is 17.9. The van der Waals surface area contributed by atoms with Gasteiger partial charge in [-0.25, -0.2) is 4.98 Å². The van der Waals surface area contributed by atoms with Gasteiger partial charge >= 0.3 is 0 Å². The minimum Gasteiger partial charge on any atom is -0.384 e. The van der Waals surface area contributed by atoms with E-state index >= 15 is 0 Å². The molecule has 0 aliphatic carbocycles. The molecule has 1 aliphatic rings. The fourth-order valence-electron chi connectivity index (χ4n) is 2.74. The van der Waals surface area contributed by atoms with Crippen LogP contribution in [0.4, 0.5) is 0 Å². The number of carbonyl (C=O) groups excluding carboxylic acids is 1. The SMILES string of the molecule is COCCc1noc([C@@H]2CCCN(C(=O)CSc3n[nH]c(C)n3)C2)n1. The Morgan fingerprint density at radius 3 is 3.12 bits per heavy atom. The summed E-state index contributed by atoms with van der Waals surface area (Å²) in [4.78, 5) is 23.0. The summed E-state index contributed by atoms with van der Waals surface area (Å²) in [6.07, 6.45) is 2.50. The second-order valence-corrected chi connectivity index (χ2v) is 6.91. The van der Waals surface area contributed by atoms with Crippen LogP contribution < -0.4 is 0 Å². The number of aryl methyl sites for hydroxylation is 1. The highest BCUT2D eigenvalue weighted by atomic mass is 32.2. The number of thioether (sulfide) groups is 1. The Kier molecular flexibility index (Phi) is 6.03. The second kappa shape index (κ2) is 8.43. The number of hydrogen-bond donors (Lipinski definition) is 1. The Bertz CT molecular complexity index is 703. The number of nitrogens with zero attached hydrogens (tertiary/aromatic N) is 5. The summed E-state index contributed by atoms with van der Waals surface area (Å²) in [5, 5.41) is 11.4. The number of piperidine rings is 1. The first-order valence-electron chi connectivity index (χ1n) is 8.26. The molecule has 0 unspecified atom stereocenters. The number of aromatic amines is 1. The highest BCUT2D eigenvalue weighted by Crippen LogP contribution is 2.26. The predicted molar refractivity (Wildman–Crippen MR) is 90.3 cm³/mol. The maximum Gasteiger partial charge on any atom is 0.233 e. The first-order valence-corrected chi connectivity index (χ1v) is 9.25. The maximum atomic E-state index is 12.5. The smallest absolute Gasteiger partial charge is 0.233 e. The first-order chi connectivity index (χ1) is 12.2. The van der Waals surface area contributed by atoms with Gasteiger partial charge in [0.2, 0.25) is 17.0 Å². The molecule has 9 nitrogen and oxygen atoms in total. The minimum absolute atomic E-state index is 0.0799. The average Bonchev–Trinajstić information content (AvgIpc) is 3.27. The molecular formula is C15H22N6O3S. The molecule has 1 atom stereocenters. The van der Waals surface area contributed by atoms with Gasteiger partial charge < -0.3 is 14.2 Å². The van der Waals surface area contributed by atoms with Crippen LogP contribution in [0.15, 0.2) is 9.68 Å². The van der Waals surface area contributed by atoms with Crippen molar-refractivity contribution in [1.82, 2.24) is 30.2 Å². The summed E-state index contributed by atoms with van der Waals surface area (Å²) >= 11 is 1.34. The molecule has 3 heterocycles. The summed E-state index contributed by atoms with van der Waals surface area (Å²) in [6, 6.07) is 0. The molecular weight excluding hydrogens is 344 g/mol. The van der Waals surface area contributed by atoms with Gasteiger partial charge in [0.05, 0.1) is 18.3 Å². The Hall–Kier alpha value is -1.94. The number of rotatable bonds is 7. The van der Waals surface area contributed by atoms with Crippen molar-refractivity contribution in [3.63, 3.8) is 0 Å². The molecule has 1 aliphatic heterocycles. The summed E-state index contributed by atoms with van der Waals surface area (Å²) < 4.78 is 10.4. The molecule has 0 saturated carbocycles. The molecule has 136 valence electrons. The lowest BCUT2D eigenvalue weighted by Crippen LogP contribution is -2.40. The van der Waals surface area contributed by atoms with Crippen molar-refractivity contribution in [2.24, 2.45) is 0 Å². The zero-order valence-corrected chi connectivity index (χ0v) is 15.2. The Morgan fingerprint density at radius 1 is 1.48 bits per heavy atom. The number of hydrogen-bond acceptors (Lipinski definition) is 8. The van der Waals surface area contributed by atoms with Crippen molar-refractivity contribution < 1.29 is 14.1 Å². The molecule has 1 saturated heterocycles. The standard InChI is InChI=1S/C15H22N6O3S/c1-10-16-15(19-18-10)25-9-13(22)21-6-3-4-11(8-21)14-17-12(20-24-14)5-7-23-2/h11H,3-9H2,1-2H3,(H,16,18,19)/t11-/m1/s1. The van der Waals surface area contributed by atoms with Crippen LogP contribution in [-0.2, 0) is 16.0 Å². The number of methoxy groups -OCH3 is 1. The topological polar surface area (TPSA) is 110 Å². The molecule has 0 aromatic carbocycles. The predicted octanol–water partition coefficient (Wildman–Crippen LogP) is 1.18. The van der Waals surface area contributed by atoms with E-state index in [0.29, 0.717) is 42.2 Å². The van der Waals surface area contributed by atoms with Crippen LogP contribution >= 0.6 is 11.8 Å². The lowest BCUT2D eigenvalue weighted by atomic mass is 9.98. The van der Waals surface area contributed by atoms with Crippen molar-refractivity contribution in [2.45, 2.75) is 37.3 Å². The van der Waals surface area contributed by atoms with Gasteiger partial charge in [0.15, 0.2) is 5.82 Å². The quantitative estimate of drug-likeness (QED) is 0.728. The molecule has 1 fully saturated rings. The van der Waals surface area contributed by atoms with Crippen LogP contribution in [0.2, 0.25) is 0 Å². The molecule has 3 rings (SSSR count). The van der Waals surface area contributed by atoms with Gasteiger partial charge in [0, 0.05) is 26.6 Å². The van der Waals surface area contributed by atoms with Crippen LogP contribution in [0.5, 0.6) is 0 Å². The number of ether oxygens (including phenoxy) is 1. The molecule has 10 heteroatoms. The van der Waals surface area contributed by atoms with E-state index in [-0.39, 0.29) is 11.8 Å². The van der Waals surface area contributed by atoms with Crippen molar-refractivity contribution in [2.75, 3.05) is 32.6 Å². The average molecular weight is 366 g/mol. The molecule has 0 radical (unpaired) electrons. The monoisotopic (exact) mass is 366 g/mol. The van der Waals surface area contributed by atoms with Gasteiger partial charge in [-0.2, -0.15) is 4.98 Å². The fraction of sp³-hybridized carbons (Fsp3) is 0.667. The van der Waals surface area contributed by atoms with Crippen LogP contribution in [0.3, 0.4) is 0 Å². The van der Waals surface area contributed by atoms with Crippen molar-refractivity contribution >= 4 is 17.7 Å². The molecule has 0 spiro atoms. The summed E-state index contributed by atoms with van der Waals surface area (Å²) in [6.45, 7) is 3.76. The Balaban J connectivity index is 1.53. The lowest BCUT2D eigenvalue weighted by molar-refractivity contribution is -0.129. The highest BCUT2D eigenvalue weighted by molar-refractivity contribution is 7.99. The number of aromatic nitrogens is 5. The van der Waals surface area contributed by atoms with Gasteiger partial charge in [-0.15, -0.1) is 5.10 Å². The summed E-state index contributed by atoms with van der Waals surface area (Å²) in [5.41, 5.74) is 0. The zero-order valence-electron chi connectivity index (χ0n) is 14.4. The molecule has 2 aromatic heterocycles. The molecule has 0 bridgehead atoms. The van der Waals surface area contributed by atoms with Crippen LogP contribution in [0, 0.1) is 6.92 Å². The van der Waals surface area contributed by atoms with E-state index < -0.39 is 0 Å². The number of amides is 1. The van der Waals surface area contributed by atoms with E-state index in [9.17, 15) is 4.79 Å². The number of H-pyrrole nitrogens is 1. The normalized spacial score (nSPS) is 17.8. The van der Waals surface area contributed by atoms with Gasteiger partial charge in [0.1, 0.15) is 5.82 Å². The van der Waals surface area contributed by atoms with Gasteiger partial charge in [0.25, 0.3) is 0 Å². The number of nitrogens with one attached hydrogen (secondary N) is 1. The third kappa shape index (κ3) is 4.79. The molecule has 2 aromatic rings. The number of likely N-dealkylation sites (tertiary alicyclic amines) is 1. The van der Waals surface area contributed by atoms with E-state index in [4.69, 9.17) is 9.26 Å². The van der Waals surface area contributed by atoms with Gasteiger partial charge in [-0.05, 0) is 19.8 Å². The van der Waals surface area contributed by atoms with E-state index in [1.807, 2.05) is 11.8 Å².